The van der Waals surface area contributed by atoms with Crippen LogP contribution in [0.25, 0.3) is 11.3 Å². The average Bonchev–Trinajstić information content (AvgIpc) is 2.89. The molecule has 1 saturated heterocycles. The lowest BCUT2D eigenvalue weighted by molar-refractivity contribution is 0.00720. The van der Waals surface area contributed by atoms with E-state index in [-0.39, 0.29) is 35.9 Å². The lowest BCUT2D eigenvalue weighted by Gasteiger charge is -2.32. The van der Waals surface area contributed by atoms with Gasteiger partial charge in [0.2, 0.25) is 0 Å². The first kappa shape index (κ1) is 27.3. The van der Waals surface area contributed by atoms with Crippen LogP contribution in [0.2, 0.25) is 0 Å². The Labute approximate surface area is 225 Å². The number of pyridine rings is 2. The Balaban J connectivity index is 1.38. The molecule has 5 rings (SSSR count). The minimum absolute atomic E-state index is 0.0160. The van der Waals surface area contributed by atoms with Crippen molar-refractivity contribution in [2.24, 2.45) is 11.7 Å². The number of aromatic nitrogens is 2. The Kier molecular flexibility index (Phi) is 8.28. The van der Waals surface area contributed by atoms with E-state index in [0.29, 0.717) is 25.6 Å². The van der Waals surface area contributed by atoms with Crippen molar-refractivity contribution in [1.29, 1.82) is 0 Å². The fourth-order valence-corrected chi connectivity index (χ4v) is 5.77. The second-order valence-electron chi connectivity index (χ2n) is 10.7. The van der Waals surface area contributed by atoms with Gasteiger partial charge in [-0.2, -0.15) is 0 Å². The second kappa shape index (κ2) is 11.8. The van der Waals surface area contributed by atoms with Crippen LogP contribution in [-0.2, 0) is 11.2 Å². The summed E-state index contributed by atoms with van der Waals surface area (Å²) in [5, 5.41) is 0. The molecule has 1 saturated carbocycles. The topological polar surface area (TPSA) is 87.3 Å². The van der Waals surface area contributed by atoms with E-state index in [9.17, 15) is 9.18 Å². The molecule has 2 N–H and O–H groups in total. The molecule has 2 aliphatic rings. The summed E-state index contributed by atoms with van der Waals surface area (Å²) in [5.74, 6) is -2.75. The highest BCUT2D eigenvalue weighted by Gasteiger charge is 2.28. The summed E-state index contributed by atoms with van der Waals surface area (Å²) < 4.78 is 55.9. The molecular weight excluding hydrogens is 507 g/mol. The van der Waals surface area contributed by atoms with Gasteiger partial charge in [0, 0.05) is 43.6 Å². The molecule has 0 bridgehead atoms. The van der Waals surface area contributed by atoms with E-state index in [1.807, 2.05) is 6.07 Å². The number of nitrogens with two attached hydrogens (primary N) is 1. The molecule has 1 aromatic carbocycles. The number of benzene rings is 1. The maximum Gasteiger partial charge on any atom is 0.185 e. The minimum Gasteiger partial charge on any atom is -0.488 e. The minimum atomic E-state index is -1.03. The number of ketones is 1. The zero-order valence-corrected chi connectivity index (χ0v) is 21.8. The predicted molar refractivity (Wildman–Crippen MR) is 140 cm³/mol. The highest BCUT2D eigenvalue weighted by molar-refractivity contribution is 5.96. The van der Waals surface area contributed by atoms with Gasteiger partial charge in [0.15, 0.2) is 5.78 Å². The van der Waals surface area contributed by atoms with Gasteiger partial charge in [0.05, 0.1) is 12.2 Å². The first-order valence-electron chi connectivity index (χ1n) is 13.4. The van der Waals surface area contributed by atoms with Crippen molar-refractivity contribution in [2.45, 2.75) is 63.5 Å². The molecule has 1 aliphatic carbocycles. The van der Waals surface area contributed by atoms with E-state index in [1.54, 1.807) is 12.4 Å². The van der Waals surface area contributed by atoms with E-state index in [1.165, 1.54) is 6.07 Å². The highest BCUT2D eigenvalue weighted by Crippen LogP contribution is 2.37. The zero-order chi connectivity index (χ0) is 27.5. The van der Waals surface area contributed by atoms with Gasteiger partial charge in [0.25, 0.3) is 0 Å². The number of carbonyl (C=O) groups excluding carboxylic acids is 1. The van der Waals surface area contributed by atoms with Gasteiger partial charge in [0.1, 0.15) is 40.7 Å². The van der Waals surface area contributed by atoms with Crippen LogP contribution in [0.15, 0.2) is 42.7 Å². The first-order chi connectivity index (χ1) is 18.8. The van der Waals surface area contributed by atoms with Gasteiger partial charge in [-0.1, -0.05) is 6.92 Å². The maximum atomic E-state index is 15.1. The fraction of sp³-hybridized carbons (Fsp3) is 0.433. The molecule has 6 nitrogen and oxygen atoms in total. The standard InChI is InChI=1S/C30H32F3N3O3/c1-17-9-18(11-20(34)10-17)23-6-7-35-15-19(23)12-28(37)27-5-4-24(31)30(36-27)29-25(32)13-22(14-26(29)33)39-21-3-2-8-38-16-21/h4-7,13-15,17-18,20-21H,2-3,8-12,16,34H2,1H3/t17-,18+,20-,21-/m0/s1. The number of carbonyl (C=O) groups is 1. The van der Waals surface area contributed by atoms with Gasteiger partial charge < -0.3 is 15.2 Å². The quantitative estimate of drug-likeness (QED) is 0.384. The molecule has 3 aromatic rings. The van der Waals surface area contributed by atoms with E-state index in [2.05, 4.69) is 16.9 Å². The molecule has 1 aliphatic heterocycles. The van der Waals surface area contributed by atoms with E-state index in [0.717, 1.165) is 55.0 Å². The fourth-order valence-electron chi connectivity index (χ4n) is 5.77. The third-order valence-electron chi connectivity index (χ3n) is 7.52. The number of hydrogen-bond acceptors (Lipinski definition) is 6. The lowest BCUT2D eigenvalue weighted by atomic mass is 9.75. The first-order valence-corrected chi connectivity index (χ1v) is 13.4. The van der Waals surface area contributed by atoms with E-state index in [4.69, 9.17) is 15.2 Å². The summed E-state index contributed by atoms with van der Waals surface area (Å²) in [5.41, 5.74) is 6.71. The molecule has 9 heteroatoms. The van der Waals surface area contributed by atoms with Gasteiger partial charge in [-0.15, -0.1) is 0 Å². The summed E-state index contributed by atoms with van der Waals surface area (Å²) in [4.78, 5) is 21.5. The van der Waals surface area contributed by atoms with Crippen molar-refractivity contribution in [2.75, 3.05) is 13.2 Å². The van der Waals surface area contributed by atoms with Crippen LogP contribution in [0.5, 0.6) is 5.75 Å². The van der Waals surface area contributed by atoms with E-state index < -0.39 is 34.5 Å². The van der Waals surface area contributed by atoms with Crippen LogP contribution in [0.1, 0.15) is 66.6 Å². The molecule has 206 valence electrons. The Bertz CT molecular complexity index is 1310. The van der Waals surface area contributed by atoms with Gasteiger partial charge in [-0.3, -0.25) is 9.78 Å². The molecule has 0 spiro atoms. The third kappa shape index (κ3) is 6.31. The molecule has 39 heavy (non-hydrogen) atoms. The number of Topliss-reactive ketones (excluding diaryl/α,β-unsaturated/α-hetero) is 1. The third-order valence-corrected chi connectivity index (χ3v) is 7.52. The Morgan fingerprint density at radius 3 is 2.62 bits per heavy atom. The Hall–Kier alpha value is -3.30. The van der Waals surface area contributed by atoms with Crippen molar-refractivity contribution in [3.05, 3.63) is 77.0 Å². The van der Waals surface area contributed by atoms with Crippen LogP contribution < -0.4 is 10.5 Å². The molecule has 4 atom stereocenters. The number of hydrogen-bond donors (Lipinski definition) is 1. The Morgan fingerprint density at radius 1 is 1.10 bits per heavy atom. The summed E-state index contributed by atoms with van der Waals surface area (Å²) in [6.07, 6.45) is 7.25. The van der Waals surface area contributed by atoms with Crippen molar-refractivity contribution in [3.8, 4) is 17.0 Å². The number of ether oxygens (including phenoxy) is 2. The lowest BCUT2D eigenvalue weighted by Crippen LogP contribution is -2.31. The normalized spacial score (nSPS) is 23.4. The number of halogens is 3. The summed E-state index contributed by atoms with van der Waals surface area (Å²) in [7, 11) is 0. The summed E-state index contributed by atoms with van der Waals surface area (Å²) >= 11 is 0. The summed E-state index contributed by atoms with van der Waals surface area (Å²) in [6.45, 7) is 3.12. The second-order valence-corrected chi connectivity index (χ2v) is 10.7. The van der Waals surface area contributed by atoms with Gasteiger partial charge in [-0.05, 0) is 73.3 Å². The number of nitrogens with zero attached hydrogens (tertiary/aromatic N) is 2. The molecule has 0 radical (unpaired) electrons. The summed E-state index contributed by atoms with van der Waals surface area (Å²) in [6, 6.07) is 6.24. The SMILES string of the molecule is C[C@@H]1C[C@H](N)C[C@H](c2ccncc2CC(=O)c2ccc(F)c(-c3c(F)cc(O[C@H]4CCCOC4)cc3F)n2)C1. The molecule has 0 unspecified atom stereocenters. The smallest absolute Gasteiger partial charge is 0.185 e. The van der Waals surface area contributed by atoms with E-state index >= 15 is 8.78 Å². The van der Waals surface area contributed by atoms with Crippen LogP contribution in [0.4, 0.5) is 13.2 Å². The Morgan fingerprint density at radius 2 is 1.90 bits per heavy atom. The monoisotopic (exact) mass is 539 g/mol. The van der Waals surface area contributed by atoms with Crippen molar-refractivity contribution in [3.63, 3.8) is 0 Å². The molecular formula is C30H32F3N3O3. The predicted octanol–water partition coefficient (Wildman–Crippen LogP) is 5.78. The van der Waals surface area contributed by atoms with Crippen molar-refractivity contribution in [1.82, 2.24) is 9.97 Å². The number of rotatable bonds is 7. The molecule has 3 heterocycles. The van der Waals surface area contributed by atoms with Gasteiger partial charge >= 0.3 is 0 Å². The van der Waals surface area contributed by atoms with Crippen LogP contribution in [0.3, 0.4) is 0 Å². The molecule has 2 fully saturated rings. The van der Waals surface area contributed by atoms with Crippen molar-refractivity contribution < 1.29 is 27.4 Å². The highest BCUT2D eigenvalue weighted by atomic mass is 19.1. The van der Waals surface area contributed by atoms with Crippen LogP contribution in [-0.4, -0.2) is 41.1 Å². The largest absolute Gasteiger partial charge is 0.488 e. The zero-order valence-electron chi connectivity index (χ0n) is 21.8. The molecule has 2 aromatic heterocycles. The maximum absolute atomic E-state index is 15.1. The molecule has 0 amide bonds. The van der Waals surface area contributed by atoms with Crippen molar-refractivity contribution >= 4 is 5.78 Å². The van der Waals surface area contributed by atoms with Gasteiger partial charge in [-0.25, -0.2) is 18.2 Å². The average molecular weight is 540 g/mol. The van der Waals surface area contributed by atoms with Crippen LogP contribution >= 0.6 is 0 Å². The van der Waals surface area contributed by atoms with Crippen LogP contribution in [0, 0.1) is 23.4 Å².